The Hall–Kier alpha value is -2.36. The number of benzene rings is 1. The standard InChI is InChI=1S/C15H14N2O2/c18-15(19)14-13(8-3-9-16-14)17-10-4-6-11-5-1-2-7-12(11)17/h1-3,5,7-9H,4,6,10H2,(H,18,19). The van der Waals surface area contributed by atoms with Crippen molar-refractivity contribution >= 4 is 17.3 Å². The molecule has 0 amide bonds. The van der Waals surface area contributed by atoms with Crippen molar-refractivity contribution in [1.82, 2.24) is 4.98 Å². The van der Waals surface area contributed by atoms with Crippen molar-refractivity contribution in [2.24, 2.45) is 0 Å². The first-order valence-electron chi connectivity index (χ1n) is 6.31. The summed E-state index contributed by atoms with van der Waals surface area (Å²) in [5.74, 6) is -0.987. The number of carbonyl (C=O) groups is 1. The minimum Gasteiger partial charge on any atom is -0.476 e. The number of nitrogens with zero attached hydrogens (tertiary/aromatic N) is 2. The lowest BCUT2D eigenvalue weighted by Crippen LogP contribution is -2.26. The molecule has 0 saturated carbocycles. The molecule has 96 valence electrons. The Bertz CT molecular complexity index is 625. The molecule has 0 bridgehead atoms. The molecule has 4 nitrogen and oxygen atoms in total. The van der Waals surface area contributed by atoms with Gasteiger partial charge in [0.2, 0.25) is 0 Å². The van der Waals surface area contributed by atoms with Crippen LogP contribution in [0.15, 0.2) is 42.6 Å². The van der Waals surface area contributed by atoms with E-state index in [0.29, 0.717) is 5.69 Å². The van der Waals surface area contributed by atoms with Gasteiger partial charge in [-0.2, -0.15) is 0 Å². The predicted molar refractivity (Wildman–Crippen MR) is 73.0 cm³/mol. The van der Waals surface area contributed by atoms with Gasteiger partial charge in [0.1, 0.15) is 0 Å². The van der Waals surface area contributed by atoms with Gasteiger partial charge >= 0.3 is 5.97 Å². The number of carboxylic acid groups (broad SMARTS) is 1. The fourth-order valence-corrected chi connectivity index (χ4v) is 2.56. The smallest absolute Gasteiger partial charge is 0.356 e. The summed E-state index contributed by atoms with van der Waals surface area (Å²) < 4.78 is 0. The van der Waals surface area contributed by atoms with Gasteiger partial charge in [-0.1, -0.05) is 18.2 Å². The zero-order valence-electron chi connectivity index (χ0n) is 10.4. The fourth-order valence-electron chi connectivity index (χ4n) is 2.56. The summed E-state index contributed by atoms with van der Waals surface area (Å²) in [6.07, 6.45) is 3.57. The molecule has 4 heteroatoms. The number of hydrogen-bond donors (Lipinski definition) is 1. The van der Waals surface area contributed by atoms with Crippen LogP contribution in [0.25, 0.3) is 0 Å². The van der Waals surface area contributed by atoms with Gasteiger partial charge in [0, 0.05) is 18.4 Å². The van der Waals surface area contributed by atoms with Crippen LogP contribution in [0.5, 0.6) is 0 Å². The van der Waals surface area contributed by atoms with E-state index in [4.69, 9.17) is 0 Å². The van der Waals surface area contributed by atoms with E-state index in [-0.39, 0.29) is 5.69 Å². The van der Waals surface area contributed by atoms with E-state index >= 15 is 0 Å². The average molecular weight is 254 g/mol. The number of carboxylic acids is 1. The molecule has 3 rings (SSSR count). The first-order chi connectivity index (χ1) is 9.27. The second-order valence-electron chi connectivity index (χ2n) is 4.56. The van der Waals surface area contributed by atoms with Crippen molar-refractivity contribution in [3.8, 4) is 0 Å². The molecular formula is C15H14N2O2. The molecule has 19 heavy (non-hydrogen) atoms. The lowest BCUT2D eigenvalue weighted by Gasteiger charge is -2.31. The van der Waals surface area contributed by atoms with Gasteiger partial charge in [-0.05, 0) is 36.6 Å². The maximum atomic E-state index is 11.3. The van der Waals surface area contributed by atoms with Gasteiger partial charge in [-0.25, -0.2) is 9.78 Å². The molecule has 1 aromatic carbocycles. The highest BCUT2D eigenvalue weighted by Gasteiger charge is 2.22. The van der Waals surface area contributed by atoms with Crippen LogP contribution in [0, 0.1) is 0 Å². The number of hydrogen-bond acceptors (Lipinski definition) is 3. The van der Waals surface area contributed by atoms with Crippen LogP contribution < -0.4 is 4.90 Å². The molecule has 1 aliphatic rings. The number of aryl methyl sites for hydroxylation is 1. The highest BCUT2D eigenvalue weighted by atomic mass is 16.4. The summed E-state index contributed by atoms with van der Waals surface area (Å²) in [4.78, 5) is 17.3. The van der Waals surface area contributed by atoms with Crippen LogP contribution >= 0.6 is 0 Å². The average Bonchev–Trinajstić information content (AvgIpc) is 2.46. The number of para-hydroxylation sites is 1. The van der Waals surface area contributed by atoms with Gasteiger partial charge in [0.05, 0.1) is 5.69 Å². The molecule has 0 aliphatic carbocycles. The summed E-state index contributed by atoms with van der Waals surface area (Å²) in [5.41, 5.74) is 3.12. The molecule has 1 aromatic heterocycles. The Kier molecular flexibility index (Phi) is 2.91. The van der Waals surface area contributed by atoms with Crippen molar-refractivity contribution in [1.29, 1.82) is 0 Å². The van der Waals surface area contributed by atoms with Crippen molar-refractivity contribution in [3.63, 3.8) is 0 Å². The number of aromatic carboxylic acids is 1. The SMILES string of the molecule is O=C(O)c1ncccc1N1CCCc2ccccc21. The summed E-state index contributed by atoms with van der Waals surface area (Å²) in [7, 11) is 0. The molecule has 0 spiro atoms. The van der Waals surface area contributed by atoms with E-state index in [1.807, 2.05) is 24.3 Å². The van der Waals surface area contributed by atoms with Gasteiger partial charge in [-0.15, -0.1) is 0 Å². The van der Waals surface area contributed by atoms with Crippen LogP contribution in [0.4, 0.5) is 11.4 Å². The molecule has 0 radical (unpaired) electrons. The second-order valence-corrected chi connectivity index (χ2v) is 4.56. The van der Waals surface area contributed by atoms with E-state index < -0.39 is 5.97 Å². The normalized spacial score (nSPS) is 14.0. The Morgan fingerprint density at radius 3 is 2.79 bits per heavy atom. The van der Waals surface area contributed by atoms with Crippen molar-refractivity contribution in [2.75, 3.05) is 11.4 Å². The molecule has 0 fully saturated rings. The molecule has 2 aromatic rings. The van der Waals surface area contributed by atoms with Crippen LogP contribution in [0.2, 0.25) is 0 Å². The summed E-state index contributed by atoms with van der Waals surface area (Å²) in [6.45, 7) is 0.822. The fraction of sp³-hybridized carbons (Fsp3) is 0.200. The zero-order chi connectivity index (χ0) is 13.2. The maximum Gasteiger partial charge on any atom is 0.356 e. The third kappa shape index (κ3) is 2.05. The lowest BCUT2D eigenvalue weighted by molar-refractivity contribution is 0.0691. The number of fused-ring (bicyclic) bond motifs is 1. The largest absolute Gasteiger partial charge is 0.476 e. The quantitative estimate of drug-likeness (QED) is 0.895. The first kappa shape index (κ1) is 11.7. The monoisotopic (exact) mass is 254 g/mol. The molecule has 1 aliphatic heterocycles. The van der Waals surface area contributed by atoms with Crippen molar-refractivity contribution in [3.05, 3.63) is 53.9 Å². The van der Waals surface area contributed by atoms with Crippen molar-refractivity contribution in [2.45, 2.75) is 12.8 Å². The van der Waals surface area contributed by atoms with Gasteiger partial charge in [0.25, 0.3) is 0 Å². The van der Waals surface area contributed by atoms with Gasteiger partial charge < -0.3 is 10.0 Å². The van der Waals surface area contributed by atoms with Crippen LogP contribution in [-0.2, 0) is 6.42 Å². The first-order valence-corrected chi connectivity index (χ1v) is 6.31. The van der Waals surface area contributed by atoms with E-state index in [1.165, 1.54) is 11.8 Å². The van der Waals surface area contributed by atoms with Crippen LogP contribution in [0.1, 0.15) is 22.5 Å². The maximum absolute atomic E-state index is 11.3. The third-order valence-corrected chi connectivity index (χ3v) is 3.39. The van der Waals surface area contributed by atoms with E-state index in [1.54, 1.807) is 6.07 Å². The van der Waals surface area contributed by atoms with Crippen LogP contribution in [0.3, 0.4) is 0 Å². The highest BCUT2D eigenvalue weighted by molar-refractivity contribution is 5.93. The topological polar surface area (TPSA) is 53.4 Å². The van der Waals surface area contributed by atoms with Gasteiger partial charge in [0.15, 0.2) is 5.69 Å². The van der Waals surface area contributed by atoms with E-state index in [2.05, 4.69) is 16.0 Å². The van der Waals surface area contributed by atoms with E-state index in [0.717, 1.165) is 25.1 Å². The Morgan fingerprint density at radius 1 is 1.16 bits per heavy atom. The lowest BCUT2D eigenvalue weighted by atomic mass is 10.0. The summed E-state index contributed by atoms with van der Waals surface area (Å²) in [5, 5.41) is 9.26. The highest BCUT2D eigenvalue weighted by Crippen LogP contribution is 2.34. The predicted octanol–water partition coefficient (Wildman–Crippen LogP) is 2.86. The van der Waals surface area contributed by atoms with Gasteiger partial charge in [-0.3, -0.25) is 0 Å². The number of pyridine rings is 1. The second kappa shape index (κ2) is 4.72. The Balaban J connectivity index is 2.12. The Morgan fingerprint density at radius 2 is 1.95 bits per heavy atom. The minimum atomic E-state index is -0.987. The minimum absolute atomic E-state index is 0.110. The number of anilines is 2. The third-order valence-electron chi connectivity index (χ3n) is 3.39. The summed E-state index contributed by atoms with van der Waals surface area (Å²) >= 11 is 0. The molecule has 2 heterocycles. The molecule has 1 N–H and O–H groups in total. The number of rotatable bonds is 2. The molecular weight excluding hydrogens is 240 g/mol. The Labute approximate surface area is 111 Å². The van der Waals surface area contributed by atoms with Crippen LogP contribution in [-0.4, -0.2) is 22.6 Å². The number of aromatic nitrogens is 1. The molecule has 0 unspecified atom stereocenters. The van der Waals surface area contributed by atoms with Crippen molar-refractivity contribution < 1.29 is 9.90 Å². The molecule has 0 atom stereocenters. The summed E-state index contributed by atoms with van der Waals surface area (Å²) in [6, 6.07) is 11.7. The zero-order valence-corrected chi connectivity index (χ0v) is 10.4. The molecule has 0 saturated heterocycles. The van der Waals surface area contributed by atoms with E-state index in [9.17, 15) is 9.90 Å².